The first kappa shape index (κ1) is 35.3. The van der Waals surface area contributed by atoms with Crippen LogP contribution in [-0.2, 0) is 20.1 Å². The summed E-state index contributed by atoms with van der Waals surface area (Å²) < 4.78 is 28.6. The van der Waals surface area contributed by atoms with E-state index in [4.69, 9.17) is 13.8 Å². The Balaban J connectivity index is 0.000000206. The zero-order valence-corrected chi connectivity index (χ0v) is 33.3. The Kier molecular flexibility index (Phi) is 9.10. The van der Waals surface area contributed by atoms with Crippen LogP contribution in [0.4, 0.5) is 4.39 Å². The van der Waals surface area contributed by atoms with E-state index in [1.807, 2.05) is 98.0 Å². The number of furan rings is 2. The monoisotopic (exact) mass is 901 g/mol. The van der Waals surface area contributed by atoms with Gasteiger partial charge in [0, 0.05) is 42.5 Å². The van der Waals surface area contributed by atoms with E-state index in [1.54, 1.807) is 6.07 Å². The maximum Gasteiger partial charge on any atom is 0.218 e. The first-order valence-electron chi connectivity index (χ1n) is 17.5. The van der Waals surface area contributed by atoms with E-state index in [-0.39, 0.29) is 25.8 Å². The third kappa shape index (κ3) is 6.14. The van der Waals surface area contributed by atoms with E-state index in [2.05, 4.69) is 70.6 Å². The Morgan fingerprint density at radius 3 is 2.31 bits per heavy atom. The zero-order valence-electron chi connectivity index (χ0n) is 29.9. The predicted molar refractivity (Wildman–Crippen MR) is 214 cm³/mol. The largest absolute Gasteiger partial charge is 0.486 e. The second-order valence-electron chi connectivity index (χ2n) is 14.1. The van der Waals surface area contributed by atoms with Gasteiger partial charge >= 0.3 is 0 Å². The van der Waals surface area contributed by atoms with Gasteiger partial charge in [-0.1, -0.05) is 92.1 Å². The molecule has 5 aromatic carbocycles. The molecule has 9 heteroatoms. The number of rotatable bonds is 4. The minimum Gasteiger partial charge on any atom is -0.486 e. The van der Waals surface area contributed by atoms with E-state index >= 15 is 0 Å². The van der Waals surface area contributed by atoms with E-state index in [9.17, 15) is 4.39 Å². The van der Waals surface area contributed by atoms with E-state index < -0.39 is 14.0 Å². The molecular formula is C45H33FIrN4O2Si-2. The summed E-state index contributed by atoms with van der Waals surface area (Å²) in [6.45, 7) is 8.98. The number of hydrogen-bond acceptors (Lipinski definition) is 5. The van der Waals surface area contributed by atoms with Crippen LogP contribution in [0.25, 0.3) is 83.4 Å². The summed E-state index contributed by atoms with van der Waals surface area (Å²) in [5.41, 5.74) is 8.72. The van der Waals surface area contributed by atoms with Crippen molar-refractivity contribution in [3.05, 3.63) is 151 Å². The SMILES string of the molecule is C[Si](C)(C)c1ccc(-c2[c-]cccc2)nc1.Cc1c[c-]c(-c2nc3ccccc3n2-c2cccc3c2oc2ccccc23)c2oc3nc(F)ccc3c12.[Ir]. The summed E-state index contributed by atoms with van der Waals surface area (Å²) in [4.78, 5) is 13.5. The maximum absolute atomic E-state index is 13.9. The van der Waals surface area contributed by atoms with Gasteiger partial charge in [0.2, 0.25) is 11.7 Å². The van der Waals surface area contributed by atoms with Crippen LogP contribution in [0.15, 0.2) is 136 Å². The number of aromatic nitrogens is 4. The summed E-state index contributed by atoms with van der Waals surface area (Å²) in [5, 5.41) is 5.11. The van der Waals surface area contributed by atoms with Gasteiger partial charge in [0.1, 0.15) is 5.58 Å². The molecule has 267 valence electrons. The molecule has 0 aliphatic carbocycles. The van der Waals surface area contributed by atoms with Crippen LogP contribution in [0, 0.1) is 25.0 Å². The number of fused-ring (bicyclic) bond motifs is 7. The van der Waals surface area contributed by atoms with Crippen LogP contribution in [0.5, 0.6) is 0 Å². The Labute approximate surface area is 325 Å². The molecule has 0 amide bonds. The number of para-hydroxylation sites is 4. The molecule has 0 saturated carbocycles. The van der Waals surface area contributed by atoms with Crippen molar-refractivity contribution in [2.75, 3.05) is 0 Å². The topological polar surface area (TPSA) is 69.9 Å². The molecule has 5 aromatic heterocycles. The first-order chi connectivity index (χ1) is 25.7. The van der Waals surface area contributed by atoms with Crippen molar-refractivity contribution >= 4 is 68.3 Å². The van der Waals surface area contributed by atoms with Crippen LogP contribution in [0.2, 0.25) is 19.6 Å². The molecule has 54 heavy (non-hydrogen) atoms. The van der Waals surface area contributed by atoms with Gasteiger partial charge in [0.05, 0.1) is 36.2 Å². The Morgan fingerprint density at radius 1 is 0.722 bits per heavy atom. The number of aryl methyl sites for hydroxylation is 1. The van der Waals surface area contributed by atoms with Gasteiger partial charge in [-0.15, -0.1) is 53.6 Å². The summed E-state index contributed by atoms with van der Waals surface area (Å²) in [6.07, 6.45) is 2.02. The predicted octanol–water partition coefficient (Wildman–Crippen LogP) is 11.2. The summed E-state index contributed by atoms with van der Waals surface area (Å²) in [6, 6.07) is 45.9. The molecule has 10 aromatic rings. The minimum absolute atomic E-state index is 0. The molecule has 6 nitrogen and oxygen atoms in total. The van der Waals surface area contributed by atoms with Crippen LogP contribution in [-0.4, -0.2) is 27.6 Å². The summed E-state index contributed by atoms with van der Waals surface area (Å²) in [7, 11) is -1.23. The summed E-state index contributed by atoms with van der Waals surface area (Å²) in [5.74, 6) is 0.0669. The van der Waals surface area contributed by atoms with E-state index in [0.717, 1.165) is 66.3 Å². The van der Waals surface area contributed by atoms with Gasteiger partial charge in [-0.25, -0.2) is 0 Å². The van der Waals surface area contributed by atoms with Crippen molar-refractivity contribution in [3.8, 4) is 28.3 Å². The van der Waals surface area contributed by atoms with Crippen LogP contribution in [0.1, 0.15) is 5.56 Å². The Bertz CT molecular complexity index is 2960. The average molecular weight is 901 g/mol. The molecule has 0 bridgehead atoms. The normalized spacial score (nSPS) is 11.6. The van der Waals surface area contributed by atoms with Gasteiger partial charge in [0.15, 0.2) is 5.58 Å². The molecule has 0 N–H and O–H groups in total. The molecule has 0 aliphatic rings. The molecule has 0 aliphatic heterocycles. The molecule has 0 saturated heterocycles. The molecular weight excluding hydrogens is 868 g/mol. The number of pyridine rings is 2. The average Bonchev–Trinajstić information content (AvgIpc) is 3.87. The van der Waals surface area contributed by atoms with Gasteiger partial charge in [-0.3, -0.25) is 4.98 Å². The number of hydrogen-bond donors (Lipinski definition) is 0. The molecule has 0 atom stereocenters. The fourth-order valence-corrected chi connectivity index (χ4v) is 7.94. The van der Waals surface area contributed by atoms with Crippen LogP contribution >= 0.6 is 0 Å². The van der Waals surface area contributed by atoms with Crippen LogP contribution < -0.4 is 5.19 Å². The second-order valence-corrected chi connectivity index (χ2v) is 19.2. The number of nitrogens with zero attached hydrogens (tertiary/aromatic N) is 4. The van der Waals surface area contributed by atoms with Crippen molar-refractivity contribution in [1.29, 1.82) is 0 Å². The molecule has 10 rings (SSSR count). The second kappa shape index (κ2) is 13.9. The van der Waals surface area contributed by atoms with Crippen molar-refractivity contribution in [2.45, 2.75) is 26.6 Å². The molecule has 1 radical (unpaired) electrons. The molecule has 5 heterocycles. The zero-order chi connectivity index (χ0) is 36.3. The van der Waals surface area contributed by atoms with Crippen molar-refractivity contribution < 1.29 is 33.3 Å². The van der Waals surface area contributed by atoms with Crippen molar-refractivity contribution in [2.24, 2.45) is 0 Å². The fraction of sp³-hybridized carbons (Fsp3) is 0.0889. The molecule has 0 spiro atoms. The van der Waals surface area contributed by atoms with E-state index in [1.165, 1.54) is 11.3 Å². The standard InChI is InChI=1S/C31H17FN3O2.C14H16NSi.Ir/c1-17-13-14-21(29-27(17)20-15-16-26(32)34-31(20)37-29)30-33-22-9-3-4-10-23(22)35(30)24-11-6-8-19-18-7-2-5-12-25(18)36-28(19)24;1-16(2,3)13-9-10-14(15-11-13)12-7-5-4-6-8-12;/h2-13,15-16H,1H3;4-7,9-11H,1-3H3;/q2*-1;. The van der Waals surface area contributed by atoms with Crippen molar-refractivity contribution in [1.82, 2.24) is 19.5 Å². The van der Waals surface area contributed by atoms with Crippen LogP contribution in [0.3, 0.4) is 0 Å². The van der Waals surface area contributed by atoms with Gasteiger partial charge < -0.3 is 18.4 Å². The minimum atomic E-state index is -1.23. The maximum atomic E-state index is 13.9. The first-order valence-corrected chi connectivity index (χ1v) is 21.0. The van der Waals surface area contributed by atoms with Gasteiger partial charge in [0.25, 0.3) is 0 Å². The molecule has 0 fully saturated rings. The third-order valence-electron chi connectivity index (χ3n) is 9.60. The quantitative estimate of drug-likeness (QED) is 0.1000. The number of benzene rings is 5. The summed E-state index contributed by atoms with van der Waals surface area (Å²) >= 11 is 0. The molecule has 0 unspecified atom stereocenters. The van der Waals surface area contributed by atoms with Gasteiger partial charge in [-0.05, 0) is 47.3 Å². The smallest absolute Gasteiger partial charge is 0.218 e. The Morgan fingerprint density at radius 2 is 1.52 bits per heavy atom. The van der Waals surface area contributed by atoms with E-state index in [0.29, 0.717) is 17.0 Å². The fourth-order valence-electron chi connectivity index (χ4n) is 6.90. The number of halogens is 1. The number of imidazole rings is 1. The Hall–Kier alpha value is -5.73. The van der Waals surface area contributed by atoms with Gasteiger partial charge in [-0.2, -0.15) is 9.37 Å². The van der Waals surface area contributed by atoms with Crippen molar-refractivity contribution in [3.63, 3.8) is 0 Å². The third-order valence-corrected chi connectivity index (χ3v) is 11.6.